The number of likely N-dealkylation sites (tertiary alicyclic amines) is 1. The van der Waals surface area contributed by atoms with Crippen molar-refractivity contribution in [1.29, 1.82) is 0 Å². The van der Waals surface area contributed by atoms with Gasteiger partial charge in [0.1, 0.15) is 5.69 Å². The molecule has 1 aliphatic heterocycles. The second-order valence-electron chi connectivity index (χ2n) is 7.49. The Morgan fingerprint density at radius 3 is 3.00 bits per heavy atom. The summed E-state index contributed by atoms with van der Waals surface area (Å²) >= 11 is 1.31. The first-order valence-corrected chi connectivity index (χ1v) is 10.1. The Labute approximate surface area is 161 Å². The largest absolute Gasteiger partial charge is 0.339 e. The number of rotatable bonds is 4. The van der Waals surface area contributed by atoms with Gasteiger partial charge in [0.05, 0.1) is 5.41 Å². The van der Waals surface area contributed by atoms with Crippen molar-refractivity contribution in [2.24, 2.45) is 5.92 Å². The Hall–Kier alpha value is -2.54. The zero-order valence-electron chi connectivity index (χ0n) is 14.9. The molecule has 0 radical (unpaired) electrons. The molecule has 5 rings (SSSR count). The standard InChI is InChI=1S/C20H20N4O2S/c25-18(16-8-10-27-23-16)24-12-15-7-4-9-20(15,13-24)19-21-17(22-26-19)11-14-5-2-1-3-6-14/h1-3,5-6,8,10,15H,4,7,9,11-13H2/t15-,20-/m1/s1. The van der Waals surface area contributed by atoms with Crippen LogP contribution in [0.4, 0.5) is 0 Å². The third kappa shape index (κ3) is 2.86. The second kappa shape index (κ2) is 6.56. The summed E-state index contributed by atoms with van der Waals surface area (Å²) in [6, 6.07) is 12.0. The van der Waals surface area contributed by atoms with Crippen LogP contribution in [-0.4, -0.2) is 38.4 Å². The van der Waals surface area contributed by atoms with Crippen LogP contribution in [0.1, 0.15) is 47.0 Å². The van der Waals surface area contributed by atoms with Crippen LogP contribution in [0.3, 0.4) is 0 Å². The molecule has 1 aliphatic carbocycles. The molecule has 0 spiro atoms. The second-order valence-corrected chi connectivity index (χ2v) is 8.16. The van der Waals surface area contributed by atoms with Crippen LogP contribution in [-0.2, 0) is 11.8 Å². The van der Waals surface area contributed by atoms with Crippen LogP contribution in [0.2, 0.25) is 0 Å². The van der Waals surface area contributed by atoms with E-state index in [1.54, 1.807) is 6.07 Å². The van der Waals surface area contributed by atoms with Gasteiger partial charge in [-0.2, -0.15) is 9.36 Å². The molecule has 1 saturated heterocycles. The van der Waals surface area contributed by atoms with Crippen molar-refractivity contribution < 1.29 is 9.32 Å². The first-order chi connectivity index (χ1) is 13.2. The predicted molar refractivity (Wildman–Crippen MR) is 101 cm³/mol. The molecular formula is C20H20N4O2S. The highest BCUT2D eigenvalue weighted by atomic mass is 32.1. The van der Waals surface area contributed by atoms with Crippen molar-refractivity contribution in [2.45, 2.75) is 31.1 Å². The molecule has 0 bridgehead atoms. The minimum atomic E-state index is -0.201. The van der Waals surface area contributed by atoms with E-state index in [2.05, 4.69) is 21.7 Å². The minimum absolute atomic E-state index is 0.00838. The Morgan fingerprint density at radius 2 is 2.19 bits per heavy atom. The first-order valence-electron chi connectivity index (χ1n) is 9.31. The summed E-state index contributed by atoms with van der Waals surface area (Å²) < 4.78 is 9.93. The molecule has 2 atom stereocenters. The van der Waals surface area contributed by atoms with Gasteiger partial charge >= 0.3 is 0 Å². The normalized spacial score (nSPS) is 24.3. The van der Waals surface area contributed by atoms with E-state index >= 15 is 0 Å². The lowest BCUT2D eigenvalue weighted by Crippen LogP contribution is -2.35. The molecular weight excluding hydrogens is 360 g/mol. The van der Waals surface area contributed by atoms with Crippen molar-refractivity contribution in [3.8, 4) is 0 Å². The van der Waals surface area contributed by atoms with E-state index in [4.69, 9.17) is 9.51 Å². The summed E-state index contributed by atoms with van der Waals surface area (Å²) in [5.74, 6) is 1.80. The maximum Gasteiger partial charge on any atom is 0.273 e. The number of benzene rings is 1. The van der Waals surface area contributed by atoms with E-state index < -0.39 is 0 Å². The highest BCUT2D eigenvalue weighted by Gasteiger charge is 2.55. The molecule has 3 heterocycles. The van der Waals surface area contributed by atoms with Crippen molar-refractivity contribution in [3.63, 3.8) is 0 Å². The van der Waals surface area contributed by atoms with Crippen LogP contribution in [0, 0.1) is 5.92 Å². The predicted octanol–water partition coefficient (Wildman–Crippen LogP) is 3.31. The lowest BCUT2D eigenvalue weighted by atomic mass is 9.80. The number of nitrogens with zero attached hydrogens (tertiary/aromatic N) is 4. The summed E-state index contributed by atoms with van der Waals surface area (Å²) in [7, 11) is 0. The molecule has 2 fully saturated rings. The molecule has 6 nitrogen and oxygen atoms in total. The molecule has 2 aromatic heterocycles. The van der Waals surface area contributed by atoms with Gasteiger partial charge in [-0.25, -0.2) is 0 Å². The fourth-order valence-corrected chi connectivity index (χ4v) is 5.09. The quantitative estimate of drug-likeness (QED) is 0.694. The van der Waals surface area contributed by atoms with Gasteiger partial charge in [0.25, 0.3) is 5.91 Å². The molecule has 1 aromatic carbocycles. The Morgan fingerprint density at radius 1 is 1.30 bits per heavy atom. The fraction of sp³-hybridized carbons (Fsp3) is 0.400. The summed E-state index contributed by atoms with van der Waals surface area (Å²) in [5, 5.41) is 6.07. The van der Waals surface area contributed by atoms with Gasteiger partial charge in [-0.1, -0.05) is 41.9 Å². The molecule has 138 valence electrons. The maximum absolute atomic E-state index is 12.8. The third-order valence-corrected chi connectivity index (χ3v) is 6.47. The van der Waals surface area contributed by atoms with E-state index in [9.17, 15) is 4.79 Å². The van der Waals surface area contributed by atoms with Crippen molar-refractivity contribution in [2.75, 3.05) is 13.1 Å². The van der Waals surface area contributed by atoms with Crippen LogP contribution in [0.15, 0.2) is 46.3 Å². The number of aromatic nitrogens is 3. The molecule has 1 amide bonds. The summed E-state index contributed by atoms with van der Waals surface area (Å²) in [6.07, 6.45) is 3.88. The Kier molecular flexibility index (Phi) is 4.04. The number of hydrogen-bond acceptors (Lipinski definition) is 6. The molecule has 27 heavy (non-hydrogen) atoms. The molecule has 1 saturated carbocycles. The highest BCUT2D eigenvalue weighted by molar-refractivity contribution is 7.03. The number of amides is 1. The molecule has 2 aliphatic rings. The van der Waals surface area contributed by atoms with Gasteiger partial charge in [-0.15, -0.1) is 0 Å². The third-order valence-electron chi connectivity index (χ3n) is 5.91. The van der Waals surface area contributed by atoms with Gasteiger partial charge in [-0.05, 0) is 41.9 Å². The number of carbonyl (C=O) groups excluding carboxylic acids is 1. The zero-order chi connectivity index (χ0) is 18.3. The van der Waals surface area contributed by atoms with E-state index in [0.717, 1.165) is 31.4 Å². The Bertz CT molecular complexity index is 940. The van der Waals surface area contributed by atoms with Crippen LogP contribution >= 0.6 is 11.5 Å². The van der Waals surface area contributed by atoms with E-state index in [1.165, 1.54) is 11.5 Å². The van der Waals surface area contributed by atoms with Gasteiger partial charge < -0.3 is 9.42 Å². The average Bonchev–Trinajstić information content (AvgIpc) is 3.45. The van der Waals surface area contributed by atoms with E-state index in [0.29, 0.717) is 36.3 Å². The maximum atomic E-state index is 12.8. The SMILES string of the molecule is O=C(c1ccsn1)N1C[C@H]2CCC[C@@]2(c2nc(Cc3ccccc3)no2)C1. The lowest BCUT2D eigenvalue weighted by molar-refractivity contribution is 0.0770. The Balaban J connectivity index is 1.39. The van der Waals surface area contributed by atoms with Crippen molar-refractivity contribution >= 4 is 17.4 Å². The molecule has 0 unspecified atom stereocenters. The fourth-order valence-electron chi connectivity index (χ4n) is 4.58. The molecule has 3 aromatic rings. The van der Waals surface area contributed by atoms with Gasteiger partial charge in [0.2, 0.25) is 5.89 Å². The van der Waals surface area contributed by atoms with E-state index in [-0.39, 0.29) is 11.3 Å². The zero-order valence-corrected chi connectivity index (χ0v) is 15.7. The number of fused-ring (bicyclic) bond motifs is 1. The lowest BCUT2D eigenvalue weighted by Gasteiger charge is -2.23. The van der Waals surface area contributed by atoms with Gasteiger partial charge in [0, 0.05) is 24.9 Å². The smallest absolute Gasteiger partial charge is 0.273 e. The summed E-state index contributed by atoms with van der Waals surface area (Å²) in [4.78, 5) is 19.4. The molecule has 0 N–H and O–H groups in total. The highest BCUT2D eigenvalue weighted by Crippen LogP contribution is 2.50. The van der Waals surface area contributed by atoms with Gasteiger partial charge in [-0.3, -0.25) is 4.79 Å². The minimum Gasteiger partial charge on any atom is -0.339 e. The van der Waals surface area contributed by atoms with E-state index in [1.807, 2.05) is 28.5 Å². The number of carbonyl (C=O) groups is 1. The monoisotopic (exact) mass is 380 g/mol. The summed E-state index contributed by atoms with van der Waals surface area (Å²) in [6.45, 7) is 1.38. The van der Waals surface area contributed by atoms with Crippen LogP contribution in [0.25, 0.3) is 0 Å². The van der Waals surface area contributed by atoms with Crippen LogP contribution < -0.4 is 0 Å². The average molecular weight is 380 g/mol. The first kappa shape index (κ1) is 16.6. The van der Waals surface area contributed by atoms with Crippen molar-refractivity contribution in [3.05, 3.63) is 64.8 Å². The van der Waals surface area contributed by atoms with Crippen molar-refractivity contribution in [1.82, 2.24) is 19.4 Å². The topological polar surface area (TPSA) is 72.1 Å². The molecule has 7 heteroatoms. The van der Waals surface area contributed by atoms with Crippen LogP contribution in [0.5, 0.6) is 0 Å². The number of hydrogen-bond donors (Lipinski definition) is 0. The van der Waals surface area contributed by atoms with Gasteiger partial charge in [0.15, 0.2) is 5.82 Å². The summed E-state index contributed by atoms with van der Waals surface area (Å²) in [5.41, 5.74) is 1.50.